The normalized spacial score (nSPS) is 12.4. The van der Waals surface area contributed by atoms with Crippen LogP contribution < -0.4 is 5.73 Å². The van der Waals surface area contributed by atoms with E-state index in [9.17, 15) is 8.78 Å². The molecule has 1 unspecified atom stereocenters. The Balaban J connectivity index is 2.16. The molecule has 0 amide bonds. The van der Waals surface area contributed by atoms with Crippen LogP contribution in [0.4, 0.5) is 8.78 Å². The Morgan fingerprint density at radius 1 is 1.14 bits per heavy atom. The van der Waals surface area contributed by atoms with Crippen LogP contribution in [0.15, 0.2) is 46.2 Å². The summed E-state index contributed by atoms with van der Waals surface area (Å²) in [5.74, 6) is -1.09. The molecule has 0 aliphatic rings. The molecule has 2 rings (SSSR count). The van der Waals surface area contributed by atoms with E-state index in [0.29, 0.717) is 4.90 Å². The van der Waals surface area contributed by atoms with Crippen LogP contribution in [0.3, 0.4) is 0 Å². The summed E-state index contributed by atoms with van der Waals surface area (Å²) in [6, 6.07) is 9.82. The van der Waals surface area contributed by atoms with Crippen LogP contribution in [0.25, 0.3) is 0 Å². The van der Waals surface area contributed by atoms with E-state index < -0.39 is 11.6 Å². The van der Waals surface area contributed by atoms with Crippen LogP contribution in [0.5, 0.6) is 0 Å². The van der Waals surface area contributed by atoms with Crippen molar-refractivity contribution in [1.82, 2.24) is 0 Å². The summed E-state index contributed by atoms with van der Waals surface area (Å²) in [6.45, 7) is 4.10. The Labute approximate surface area is 128 Å². The number of halogens is 2. The maximum atomic E-state index is 13.7. The molecule has 0 heterocycles. The molecule has 112 valence electrons. The van der Waals surface area contributed by atoms with Gasteiger partial charge in [-0.05, 0) is 55.2 Å². The van der Waals surface area contributed by atoms with Crippen LogP contribution in [0.2, 0.25) is 0 Å². The number of hydrogen-bond donors (Lipinski definition) is 1. The van der Waals surface area contributed by atoms with Crippen molar-refractivity contribution in [3.8, 4) is 0 Å². The van der Waals surface area contributed by atoms with Gasteiger partial charge < -0.3 is 5.73 Å². The van der Waals surface area contributed by atoms with Gasteiger partial charge >= 0.3 is 0 Å². The number of nitrogens with two attached hydrogens (primary N) is 1. The molecule has 0 fully saturated rings. The maximum Gasteiger partial charge on any atom is 0.140 e. The molecule has 4 heteroatoms. The second-order valence-electron chi connectivity index (χ2n) is 5.14. The van der Waals surface area contributed by atoms with Gasteiger partial charge in [0.05, 0.1) is 0 Å². The lowest BCUT2D eigenvalue weighted by atomic mass is 10.0. The van der Waals surface area contributed by atoms with Crippen molar-refractivity contribution in [2.75, 3.05) is 0 Å². The SMILES string of the molecule is CCC(N)Cc1ccc(Sc2ccc(F)cc2F)cc1C. The van der Waals surface area contributed by atoms with Crippen LogP contribution in [0, 0.1) is 18.6 Å². The molecule has 0 saturated carbocycles. The number of rotatable bonds is 5. The third kappa shape index (κ3) is 4.29. The van der Waals surface area contributed by atoms with Crippen molar-refractivity contribution in [3.05, 3.63) is 59.2 Å². The highest BCUT2D eigenvalue weighted by Crippen LogP contribution is 2.31. The van der Waals surface area contributed by atoms with E-state index in [2.05, 4.69) is 6.92 Å². The fourth-order valence-corrected chi connectivity index (χ4v) is 2.99. The first kappa shape index (κ1) is 16.0. The molecule has 0 radical (unpaired) electrons. The Bertz CT molecular complexity index is 628. The molecule has 1 nitrogen and oxygen atoms in total. The van der Waals surface area contributed by atoms with Crippen LogP contribution in [0.1, 0.15) is 24.5 Å². The fraction of sp³-hybridized carbons (Fsp3) is 0.294. The van der Waals surface area contributed by atoms with Crippen molar-refractivity contribution in [3.63, 3.8) is 0 Å². The molecular formula is C17H19F2NS. The Hall–Kier alpha value is -1.39. The highest BCUT2D eigenvalue weighted by Gasteiger charge is 2.08. The Morgan fingerprint density at radius 2 is 1.90 bits per heavy atom. The highest BCUT2D eigenvalue weighted by atomic mass is 32.2. The lowest BCUT2D eigenvalue weighted by Crippen LogP contribution is -2.21. The Morgan fingerprint density at radius 3 is 2.52 bits per heavy atom. The molecule has 0 aliphatic carbocycles. The summed E-state index contributed by atoms with van der Waals surface area (Å²) in [6.07, 6.45) is 1.79. The summed E-state index contributed by atoms with van der Waals surface area (Å²) < 4.78 is 26.6. The first-order valence-corrected chi connectivity index (χ1v) is 7.79. The molecule has 2 aromatic rings. The molecule has 0 aromatic heterocycles. The van der Waals surface area contributed by atoms with Crippen LogP contribution in [-0.4, -0.2) is 6.04 Å². The second-order valence-corrected chi connectivity index (χ2v) is 6.25. The van der Waals surface area contributed by atoms with E-state index >= 15 is 0 Å². The standard InChI is InChI=1S/C17H19F2NS/c1-3-14(20)9-12-4-6-15(8-11(12)2)21-17-7-5-13(18)10-16(17)19/h4-8,10,14H,3,9,20H2,1-2H3. The predicted octanol–water partition coefficient (Wildman–Crippen LogP) is 4.70. The number of aryl methyl sites for hydroxylation is 1. The van der Waals surface area contributed by atoms with Crippen LogP contribution >= 0.6 is 11.8 Å². The number of benzene rings is 2. The van der Waals surface area contributed by atoms with E-state index in [1.54, 1.807) is 0 Å². The summed E-state index contributed by atoms with van der Waals surface area (Å²) in [5.41, 5.74) is 8.34. The predicted molar refractivity (Wildman–Crippen MR) is 83.6 cm³/mol. The summed E-state index contributed by atoms with van der Waals surface area (Å²) in [4.78, 5) is 1.36. The lowest BCUT2D eigenvalue weighted by molar-refractivity contribution is 0.565. The zero-order valence-corrected chi connectivity index (χ0v) is 13.0. The van der Waals surface area contributed by atoms with Gasteiger partial charge in [0.2, 0.25) is 0 Å². The monoisotopic (exact) mass is 307 g/mol. The summed E-state index contributed by atoms with van der Waals surface area (Å²) in [5, 5.41) is 0. The molecule has 0 bridgehead atoms. The quantitative estimate of drug-likeness (QED) is 0.866. The first-order chi connectivity index (χ1) is 9.99. The minimum atomic E-state index is -0.558. The molecule has 2 N–H and O–H groups in total. The molecule has 0 spiro atoms. The van der Waals surface area contributed by atoms with Gasteiger partial charge in [-0.15, -0.1) is 0 Å². The fourth-order valence-electron chi connectivity index (χ4n) is 2.07. The molecule has 1 atom stereocenters. The molecule has 0 aliphatic heterocycles. The van der Waals surface area contributed by atoms with Crippen molar-refractivity contribution in [2.24, 2.45) is 5.73 Å². The summed E-state index contributed by atoms with van der Waals surface area (Å²) >= 11 is 1.30. The van der Waals surface area contributed by atoms with Gasteiger partial charge in [0.1, 0.15) is 11.6 Å². The van der Waals surface area contributed by atoms with Gasteiger partial charge in [-0.1, -0.05) is 24.8 Å². The molecule has 2 aromatic carbocycles. The maximum absolute atomic E-state index is 13.7. The van der Waals surface area contributed by atoms with Crippen molar-refractivity contribution < 1.29 is 8.78 Å². The molecule has 21 heavy (non-hydrogen) atoms. The zero-order chi connectivity index (χ0) is 15.4. The van der Waals surface area contributed by atoms with Gasteiger partial charge in [0.25, 0.3) is 0 Å². The average molecular weight is 307 g/mol. The van der Waals surface area contributed by atoms with Crippen LogP contribution in [-0.2, 0) is 6.42 Å². The van der Waals surface area contributed by atoms with E-state index in [1.807, 2.05) is 25.1 Å². The third-order valence-corrected chi connectivity index (χ3v) is 4.48. The van der Waals surface area contributed by atoms with Crippen molar-refractivity contribution in [1.29, 1.82) is 0 Å². The minimum Gasteiger partial charge on any atom is -0.327 e. The van der Waals surface area contributed by atoms with Gasteiger partial charge in [0.15, 0.2) is 0 Å². The minimum absolute atomic E-state index is 0.164. The molecule has 0 saturated heterocycles. The van der Waals surface area contributed by atoms with Gasteiger partial charge in [0, 0.05) is 21.9 Å². The van der Waals surface area contributed by atoms with E-state index in [-0.39, 0.29) is 6.04 Å². The Kier molecular flexibility index (Phi) is 5.37. The zero-order valence-electron chi connectivity index (χ0n) is 12.2. The third-order valence-electron chi connectivity index (χ3n) is 3.44. The summed E-state index contributed by atoms with van der Waals surface area (Å²) in [7, 11) is 0. The topological polar surface area (TPSA) is 26.0 Å². The average Bonchev–Trinajstić information content (AvgIpc) is 2.44. The van der Waals surface area contributed by atoms with Crippen molar-refractivity contribution in [2.45, 2.75) is 42.5 Å². The van der Waals surface area contributed by atoms with Gasteiger partial charge in [-0.25, -0.2) is 8.78 Å². The number of hydrogen-bond acceptors (Lipinski definition) is 2. The van der Waals surface area contributed by atoms with E-state index in [1.165, 1.54) is 29.5 Å². The van der Waals surface area contributed by atoms with Gasteiger partial charge in [-0.2, -0.15) is 0 Å². The van der Waals surface area contributed by atoms with E-state index in [0.717, 1.165) is 29.4 Å². The largest absolute Gasteiger partial charge is 0.327 e. The van der Waals surface area contributed by atoms with E-state index in [4.69, 9.17) is 5.73 Å². The second kappa shape index (κ2) is 7.05. The van der Waals surface area contributed by atoms with Gasteiger partial charge in [-0.3, -0.25) is 0 Å². The first-order valence-electron chi connectivity index (χ1n) is 6.97. The smallest absolute Gasteiger partial charge is 0.140 e. The highest BCUT2D eigenvalue weighted by molar-refractivity contribution is 7.99. The lowest BCUT2D eigenvalue weighted by Gasteiger charge is -2.12. The molecular weight excluding hydrogens is 288 g/mol. The van der Waals surface area contributed by atoms with Crippen molar-refractivity contribution >= 4 is 11.8 Å².